The second kappa shape index (κ2) is 23.6. The highest BCUT2D eigenvalue weighted by atomic mass is 19.2. The van der Waals surface area contributed by atoms with E-state index in [2.05, 4.69) is 4.98 Å². The Balaban J connectivity index is 0.000000237. The Morgan fingerprint density at radius 1 is 0.410 bits per heavy atom. The van der Waals surface area contributed by atoms with E-state index in [9.17, 15) is 62.3 Å². The van der Waals surface area contributed by atoms with Crippen LogP contribution in [0.5, 0.6) is 0 Å². The number of halogens is 20. The molecule has 2 fully saturated rings. The van der Waals surface area contributed by atoms with Gasteiger partial charge in [-0.25, -0.2) is 97.4 Å². The molecular formula is C51H33BF20N2O4. The van der Waals surface area contributed by atoms with Crippen LogP contribution in [0.25, 0.3) is 5.57 Å². The molecular weight excluding hydrogens is 1100 g/mol. The number of hydrogen-bond acceptors (Lipinski definition) is 5. The number of benzene rings is 5. The highest BCUT2D eigenvalue weighted by Gasteiger charge is 2.52. The van der Waals surface area contributed by atoms with Gasteiger partial charge in [-0.3, -0.25) is 4.98 Å². The standard InChI is InChI=1S/C27H33N2O4.C24BF20/c30-26(32-22-12-6-2-7-13-22)25(27(31)33-23-14-8-3-9-15-23)24(21-10-4-1-5-11-21)20-29-18-16-28-17-19-29;26-5-1(6(27)14(35)21(42)13(5)34)25(2-7(28)15(36)22(43)16(37)8(2)29,3-9(30)17(38)23(44)18(39)10(3)31)4-11(32)19(40)24(45)20(41)12(4)33/h1,4-5,10-11,16-19,22-23H,2-3,6-9,12-15,20H2;/q+1;-1. The molecule has 78 heavy (non-hydrogen) atoms. The molecule has 2 saturated carbocycles. The van der Waals surface area contributed by atoms with E-state index in [4.69, 9.17) is 9.47 Å². The van der Waals surface area contributed by atoms with E-state index in [0.717, 1.165) is 69.8 Å². The molecule has 0 atom stereocenters. The van der Waals surface area contributed by atoms with Crippen molar-refractivity contribution in [3.63, 3.8) is 0 Å². The molecule has 1 aromatic heterocycles. The van der Waals surface area contributed by atoms with Crippen molar-refractivity contribution in [1.29, 1.82) is 0 Å². The van der Waals surface area contributed by atoms with Gasteiger partial charge < -0.3 is 9.47 Å². The van der Waals surface area contributed by atoms with Crippen molar-refractivity contribution < 1.29 is 111 Å². The number of nitrogens with zero attached hydrogens (tertiary/aromatic N) is 2. The lowest BCUT2D eigenvalue weighted by Crippen LogP contribution is -2.81. The highest BCUT2D eigenvalue weighted by molar-refractivity contribution is 7.20. The van der Waals surface area contributed by atoms with Crippen LogP contribution in [-0.2, 0) is 25.6 Å². The first-order valence-corrected chi connectivity index (χ1v) is 23.1. The minimum atomic E-state index is -7.22. The van der Waals surface area contributed by atoms with Crippen LogP contribution in [0.2, 0.25) is 0 Å². The maximum atomic E-state index is 15.4. The lowest BCUT2D eigenvalue weighted by Gasteiger charge is -2.44. The summed E-state index contributed by atoms with van der Waals surface area (Å²) in [5, 5.41) is 0. The van der Waals surface area contributed by atoms with Crippen molar-refractivity contribution >= 4 is 45.5 Å². The van der Waals surface area contributed by atoms with Crippen LogP contribution in [0.4, 0.5) is 87.8 Å². The molecule has 5 aromatic carbocycles. The third-order valence-electron chi connectivity index (χ3n) is 13.2. The largest absolute Gasteiger partial charge is 0.459 e. The van der Waals surface area contributed by atoms with Gasteiger partial charge in [-0.05, 0) is 56.9 Å². The molecule has 6 aromatic rings. The van der Waals surface area contributed by atoms with Gasteiger partial charge in [0.2, 0.25) is 0 Å². The molecule has 6 nitrogen and oxygen atoms in total. The van der Waals surface area contributed by atoms with E-state index >= 15 is 35.1 Å². The van der Waals surface area contributed by atoms with Gasteiger partial charge in [0, 0.05) is 5.57 Å². The molecule has 8 rings (SSSR count). The van der Waals surface area contributed by atoms with Gasteiger partial charge in [0.1, 0.15) is 64.9 Å². The first-order valence-electron chi connectivity index (χ1n) is 23.1. The molecule has 2 aliphatic rings. The van der Waals surface area contributed by atoms with Crippen molar-refractivity contribution in [3.05, 3.63) is 183 Å². The fourth-order valence-electron chi connectivity index (χ4n) is 9.58. The van der Waals surface area contributed by atoms with Crippen LogP contribution >= 0.6 is 0 Å². The van der Waals surface area contributed by atoms with Gasteiger partial charge in [-0.1, -0.05) is 43.2 Å². The van der Waals surface area contributed by atoms with Gasteiger partial charge in [-0.15, -0.1) is 21.9 Å². The molecule has 0 saturated heterocycles. The van der Waals surface area contributed by atoms with Crippen molar-refractivity contribution in [2.75, 3.05) is 0 Å². The van der Waals surface area contributed by atoms with Gasteiger partial charge >= 0.3 is 11.9 Å². The van der Waals surface area contributed by atoms with Gasteiger partial charge in [0.05, 0.1) is 12.4 Å². The summed E-state index contributed by atoms with van der Waals surface area (Å²) in [6.45, 7) is 0.335. The zero-order chi connectivity index (χ0) is 57.2. The summed E-state index contributed by atoms with van der Waals surface area (Å²) in [6, 6.07) is 9.56. The summed E-state index contributed by atoms with van der Waals surface area (Å²) in [7, 11) is 0. The third kappa shape index (κ3) is 10.5. The summed E-state index contributed by atoms with van der Waals surface area (Å²) < 4.78 is 308. The second-order valence-electron chi connectivity index (χ2n) is 17.8. The van der Waals surface area contributed by atoms with Crippen LogP contribution < -0.4 is 26.4 Å². The Hall–Kier alpha value is -7.48. The number of allylic oxidation sites excluding steroid dienone is 1. The van der Waals surface area contributed by atoms with Crippen molar-refractivity contribution in [2.45, 2.75) is 83.0 Å². The van der Waals surface area contributed by atoms with E-state index in [-0.39, 0.29) is 17.8 Å². The number of aromatic nitrogens is 2. The molecule has 2 aliphatic carbocycles. The van der Waals surface area contributed by atoms with Crippen LogP contribution in [0.1, 0.15) is 69.8 Å². The van der Waals surface area contributed by atoms with E-state index in [1.165, 1.54) is 0 Å². The summed E-state index contributed by atoms with van der Waals surface area (Å²) >= 11 is 0. The predicted octanol–water partition coefficient (Wildman–Crippen LogP) is 10.4. The zero-order valence-electron chi connectivity index (χ0n) is 39.3. The minimum absolute atomic E-state index is 0.0154. The molecule has 1 heterocycles. The summed E-state index contributed by atoms with van der Waals surface area (Å²) in [5.41, 5.74) is -12.9. The summed E-state index contributed by atoms with van der Waals surface area (Å²) in [6.07, 6.45) is 9.37. The zero-order valence-corrected chi connectivity index (χ0v) is 39.3. The normalized spacial score (nSPS) is 14.2. The smallest absolute Gasteiger partial charge is 0.346 e. The average molecular weight is 1130 g/mol. The Kier molecular flexibility index (Phi) is 17.6. The SMILES string of the molecule is Fc1c(F)c(F)c([B-](c2c(F)c(F)c(F)c(F)c2F)(c2c(F)c(F)c(F)c(F)c2F)c2c(F)c(F)c(F)c(F)c2F)c(F)c1F.O=C(OC1CCCCC1)C(C(=O)OC1CCCCC1)=C(C[n+]1ccncc1)c1ccccc1. The fraction of sp³-hybridized carbons (Fsp3) is 0.255. The van der Waals surface area contributed by atoms with Crippen LogP contribution in [0, 0.1) is 116 Å². The lowest BCUT2D eigenvalue weighted by molar-refractivity contribution is -0.684. The molecule has 0 bridgehead atoms. The number of carbonyl (C=O) groups is 2. The molecule has 0 spiro atoms. The second-order valence-corrected chi connectivity index (χ2v) is 17.8. The molecule has 0 radical (unpaired) electrons. The summed E-state index contributed by atoms with van der Waals surface area (Å²) in [4.78, 5) is 31.1. The Labute approximate surface area is 426 Å². The fourth-order valence-corrected chi connectivity index (χ4v) is 9.58. The Bertz CT molecular complexity index is 2920. The number of carbonyl (C=O) groups excluding carboxylic acids is 2. The van der Waals surface area contributed by atoms with E-state index < -0.39 is 156 Å². The molecule has 0 N–H and O–H groups in total. The van der Waals surface area contributed by atoms with E-state index in [1.54, 1.807) is 12.4 Å². The van der Waals surface area contributed by atoms with E-state index in [1.807, 2.05) is 47.3 Å². The maximum absolute atomic E-state index is 15.4. The quantitative estimate of drug-likeness (QED) is 0.0149. The average Bonchev–Trinajstić information content (AvgIpc) is 3.56. The minimum Gasteiger partial charge on any atom is -0.459 e. The highest BCUT2D eigenvalue weighted by Crippen LogP contribution is 2.32. The molecule has 414 valence electrons. The number of esters is 2. The van der Waals surface area contributed by atoms with Gasteiger partial charge in [-0.2, -0.15) is 4.57 Å². The first kappa shape index (κ1) is 58.2. The summed E-state index contributed by atoms with van der Waals surface area (Å²) in [5.74, 6) is -72.6. The molecule has 0 aliphatic heterocycles. The monoisotopic (exact) mass is 1130 g/mol. The molecule has 27 heteroatoms. The van der Waals surface area contributed by atoms with Crippen molar-refractivity contribution in [3.8, 4) is 0 Å². The third-order valence-corrected chi connectivity index (χ3v) is 13.2. The number of hydrogen-bond donors (Lipinski definition) is 0. The Morgan fingerprint density at radius 2 is 0.679 bits per heavy atom. The van der Waals surface area contributed by atoms with Crippen LogP contribution in [-0.4, -0.2) is 35.3 Å². The van der Waals surface area contributed by atoms with Gasteiger partial charge in [0.15, 0.2) is 94.3 Å². The van der Waals surface area contributed by atoms with Crippen molar-refractivity contribution in [2.24, 2.45) is 0 Å². The first-order chi connectivity index (χ1) is 36.9. The number of rotatable bonds is 11. The predicted molar refractivity (Wildman–Crippen MR) is 233 cm³/mol. The molecule has 0 unspecified atom stereocenters. The molecule has 0 amide bonds. The topological polar surface area (TPSA) is 69.4 Å². The van der Waals surface area contributed by atoms with Crippen molar-refractivity contribution in [1.82, 2.24) is 4.98 Å². The van der Waals surface area contributed by atoms with Gasteiger partial charge in [0.25, 0.3) is 0 Å². The lowest BCUT2D eigenvalue weighted by atomic mass is 9.12. The van der Waals surface area contributed by atoms with Crippen LogP contribution in [0.3, 0.4) is 0 Å². The number of ether oxygens (including phenoxy) is 2. The van der Waals surface area contributed by atoms with Crippen LogP contribution in [0.15, 0.2) is 60.7 Å². The van der Waals surface area contributed by atoms with E-state index in [0.29, 0.717) is 12.1 Å². The Morgan fingerprint density at radius 3 is 0.962 bits per heavy atom. The maximum Gasteiger partial charge on any atom is 0.346 e.